The fourth-order valence-electron chi connectivity index (χ4n) is 2.11. The summed E-state index contributed by atoms with van der Waals surface area (Å²) in [5, 5.41) is 11.0. The monoisotopic (exact) mass is 350 g/mol. The van der Waals surface area contributed by atoms with Crippen molar-refractivity contribution in [3.8, 4) is 0 Å². The topological polar surface area (TPSA) is 116 Å². The van der Waals surface area contributed by atoms with Crippen molar-refractivity contribution < 1.29 is 22.9 Å². The number of hydrogen-bond donors (Lipinski definition) is 1. The molecule has 9 heteroatoms. The van der Waals surface area contributed by atoms with Gasteiger partial charge in [-0.15, -0.1) is 0 Å². The molecule has 2 rings (SSSR count). The number of carbonyl (C=O) groups is 1. The third kappa shape index (κ3) is 3.35. The molecule has 0 bridgehead atoms. The molecule has 1 N–H and O–H groups in total. The molecule has 0 aromatic heterocycles. The Labute approximate surface area is 138 Å². The molecule has 0 aliphatic carbocycles. The second-order valence-corrected chi connectivity index (χ2v) is 6.47. The van der Waals surface area contributed by atoms with Gasteiger partial charge in [0.15, 0.2) is 4.90 Å². The predicted molar refractivity (Wildman–Crippen MR) is 86.4 cm³/mol. The van der Waals surface area contributed by atoms with Gasteiger partial charge in [0.05, 0.1) is 23.3 Å². The van der Waals surface area contributed by atoms with Crippen molar-refractivity contribution >= 4 is 27.4 Å². The van der Waals surface area contributed by atoms with E-state index in [9.17, 15) is 23.3 Å². The summed E-state index contributed by atoms with van der Waals surface area (Å²) in [4.78, 5) is 21.6. The van der Waals surface area contributed by atoms with Crippen molar-refractivity contribution in [1.82, 2.24) is 0 Å². The van der Waals surface area contributed by atoms with Crippen molar-refractivity contribution in [2.24, 2.45) is 0 Å². The Balaban J connectivity index is 2.56. The average molecular weight is 350 g/mol. The Kier molecular flexibility index (Phi) is 4.84. The number of nitrogens with zero attached hydrogens (tertiary/aromatic N) is 1. The van der Waals surface area contributed by atoms with Gasteiger partial charge in [0.2, 0.25) is 0 Å². The lowest BCUT2D eigenvalue weighted by Crippen LogP contribution is -2.18. The molecule has 0 heterocycles. The minimum Gasteiger partial charge on any atom is -0.465 e. The summed E-state index contributed by atoms with van der Waals surface area (Å²) in [5.41, 5.74) is -0.0552. The molecule has 0 fully saturated rings. The zero-order valence-electron chi connectivity index (χ0n) is 12.8. The highest BCUT2D eigenvalue weighted by molar-refractivity contribution is 7.92. The standard InChI is InChI=1S/C15H14N2O6S/c1-10-6-5-7-11(15(18)23-2)14(10)16-24(21,22)13-9-4-3-8-12(13)17(19)20/h3-9,16H,1-2H3. The molecular formula is C15H14N2O6S. The van der Waals surface area contributed by atoms with E-state index in [4.69, 9.17) is 0 Å². The Hall–Kier alpha value is -2.94. The number of methoxy groups -OCH3 is 1. The highest BCUT2D eigenvalue weighted by Crippen LogP contribution is 2.28. The number of ether oxygens (including phenoxy) is 1. The van der Waals surface area contributed by atoms with Crippen LogP contribution in [-0.2, 0) is 14.8 Å². The van der Waals surface area contributed by atoms with Crippen LogP contribution < -0.4 is 4.72 Å². The first-order valence-corrected chi connectivity index (χ1v) is 8.20. The Morgan fingerprint density at radius 2 is 1.83 bits per heavy atom. The van der Waals surface area contributed by atoms with E-state index in [0.29, 0.717) is 5.56 Å². The summed E-state index contributed by atoms with van der Waals surface area (Å²) in [6, 6.07) is 9.53. The number of aryl methyl sites for hydroxylation is 1. The zero-order valence-corrected chi connectivity index (χ0v) is 13.7. The second kappa shape index (κ2) is 6.67. The van der Waals surface area contributed by atoms with Crippen LogP contribution in [0.5, 0.6) is 0 Å². The lowest BCUT2D eigenvalue weighted by atomic mass is 10.1. The lowest BCUT2D eigenvalue weighted by molar-refractivity contribution is -0.387. The van der Waals surface area contributed by atoms with Crippen LogP contribution in [0.25, 0.3) is 0 Å². The van der Waals surface area contributed by atoms with Gasteiger partial charge in [-0.25, -0.2) is 13.2 Å². The molecule has 0 amide bonds. The van der Waals surface area contributed by atoms with Gasteiger partial charge >= 0.3 is 5.97 Å². The van der Waals surface area contributed by atoms with Crippen LogP contribution >= 0.6 is 0 Å². The SMILES string of the molecule is COC(=O)c1cccc(C)c1NS(=O)(=O)c1ccccc1[N+](=O)[O-]. The van der Waals surface area contributed by atoms with Crippen LogP contribution in [0.3, 0.4) is 0 Å². The fraction of sp³-hybridized carbons (Fsp3) is 0.133. The molecule has 2 aromatic rings. The maximum Gasteiger partial charge on any atom is 0.340 e. The molecule has 0 aliphatic heterocycles. The number of nitrogens with one attached hydrogen (secondary N) is 1. The molecule has 0 aliphatic rings. The van der Waals surface area contributed by atoms with E-state index in [2.05, 4.69) is 9.46 Å². The quantitative estimate of drug-likeness (QED) is 0.503. The first kappa shape index (κ1) is 17.4. The summed E-state index contributed by atoms with van der Waals surface area (Å²) in [6.45, 7) is 1.60. The number of carbonyl (C=O) groups excluding carboxylic acids is 1. The Morgan fingerprint density at radius 3 is 2.46 bits per heavy atom. The predicted octanol–water partition coefficient (Wildman–Crippen LogP) is 2.49. The van der Waals surface area contributed by atoms with Gasteiger partial charge in [0.25, 0.3) is 15.7 Å². The second-order valence-electron chi connectivity index (χ2n) is 4.82. The maximum atomic E-state index is 12.6. The maximum absolute atomic E-state index is 12.6. The van der Waals surface area contributed by atoms with E-state index in [1.165, 1.54) is 25.3 Å². The van der Waals surface area contributed by atoms with Crippen LogP contribution in [-0.4, -0.2) is 26.4 Å². The number of nitro benzene ring substituents is 1. The van der Waals surface area contributed by atoms with E-state index in [1.54, 1.807) is 19.1 Å². The number of benzene rings is 2. The number of esters is 1. The van der Waals surface area contributed by atoms with Crippen molar-refractivity contribution in [2.75, 3.05) is 11.8 Å². The molecule has 0 unspecified atom stereocenters. The molecule has 0 saturated carbocycles. The van der Waals surface area contributed by atoms with Gasteiger partial charge < -0.3 is 4.74 Å². The van der Waals surface area contributed by atoms with Crippen molar-refractivity contribution in [3.05, 3.63) is 63.7 Å². The normalized spacial score (nSPS) is 10.9. The Morgan fingerprint density at radius 1 is 1.17 bits per heavy atom. The van der Waals surface area contributed by atoms with E-state index >= 15 is 0 Å². The van der Waals surface area contributed by atoms with E-state index in [0.717, 1.165) is 12.1 Å². The molecular weight excluding hydrogens is 336 g/mol. The molecule has 0 spiro atoms. The van der Waals surface area contributed by atoms with Crippen molar-refractivity contribution in [2.45, 2.75) is 11.8 Å². The zero-order chi connectivity index (χ0) is 17.9. The van der Waals surface area contributed by atoms with Gasteiger partial charge in [-0.3, -0.25) is 14.8 Å². The number of sulfonamides is 1. The van der Waals surface area contributed by atoms with Gasteiger partial charge in [0, 0.05) is 6.07 Å². The highest BCUT2D eigenvalue weighted by atomic mass is 32.2. The fourth-order valence-corrected chi connectivity index (χ4v) is 3.43. The summed E-state index contributed by atoms with van der Waals surface area (Å²) in [5.74, 6) is -0.723. The minimum absolute atomic E-state index is 0.0136. The third-order valence-corrected chi connectivity index (χ3v) is 4.66. The van der Waals surface area contributed by atoms with Crippen LogP contribution in [0.1, 0.15) is 15.9 Å². The highest BCUT2D eigenvalue weighted by Gasteiger charge is 2.27. The first-order chi connectivity index (χ1) is 11.3. The summed E-state index contributed by atoms with van der Waals surface area (Å²) in [7, 11) is -3.10. The number of nitro groups is 1. The first-order valence-electron chi connectivity index (χ1n) is 6.72. The van der Waals surface area contributed by atoms with Crippen molar-refractivity contribution in [1.29, 1.82) is 0 Å². The smallest absolute Gasteiger partial charge is 0.340 e. The number of hydrogen-bond acceptors (Lipinski definition) is 6. The summed E-state index contributed by atoms with van der Waals surface area (Å²) >= 11 is 0. The third-order valence-electron chi connectivity index (χ3n) is 3.27. The van der Waals surface area contributed by atoms with Gasteiger partial charge in [-0.2, -0.15) is 0 Å². The molecule has 0 radical (unpaired) electrons. The van der Waals surface area contributed by atoms with E-state index in [-0.39, 0.29) is 11.3 Å². The van der Waals surface area contributed by atoms with Crippen LogP contribution in [0.4, 0.5) is 11.4 Å². The van der Waals surface area contributed by atoms with Gasteiger partial charge in [0.1, 0.15) is 0 Å². The molecule has 8 nitrogen and oxygen atoms in total. The van der Waals surface area contributed by atoms with Crippen LogP contribution in [0.2, 0.25) is 0 Å². The largest absolute Gasteiger partial charge is 0.465 e. The molecule has 0 saturated heterocycles. The van der Waals surface area contributed by atoms with Gasteiger partial charge in [-0.1, -0.05) is 24.3 Å². The lowest BCUT2D eigenvalue weighted by Gasteiger charge is -2.14. The van der Waals surface area contributed by atoms with Gasteiger partial charge in [-0.05, 0) is 24.6 Å². The molecule has 126 valence electrons. The van der Waals surface area contributed by atoms with Crippen LogP contribution in [0, 0.1) is 17.0 Å². The molecule has 2 aromatic carbocycles. The summed E-state index contributed by atoms with van der Waals surface area (Å²) < 4.78 is 32.0. The average Bonchev–Trinajstić information content (AvgIpc) is 2.55. The number of anilines is 1. The molecule has 24 heavy (non-hydrogen) atoms. The Bertz CT molecular complexity index is 908. The van der Waals surface area contributed by atoms with E-state index < -0.39 is 31.5 Å². The number of rotatable bonds is 5. The van der Waals surface area contributed by atoms with Crippen molar-refractivity contribution in [3.63, 3.8) is 0 Å². The van der Waals surface area contributed by atoms with E-state index in [1.807, 2.05) is 0 Å². The summed E-state index contributed by atoms with van der Waals surface area (Å²) in [6.07, 6.45) is 0. The van der Waals surface area contributed by atoms with Crippen LogP contribution in [0.15, 0.2) is 47.4 Å². The number of para-hydroxylation sites is 2. The minimum atomic E-state index is -4.28. The molecule has 0 atom stereocenters.